The molecule has 0 spiro atoms. The van der Waals surface area contributed by atoms with Crippen molar-refractivity contribution in [2.75, 3.05) is 18.5 Å². The number of hydrogen-bond donors (Lipinski definition) is 2. The first-order valence-electron chi connectivity index (χ1n) is 9.81. The van der Waals surface area contributed by atoms with Crippen LogP contribution in [0.1, 0.15) is 34.8 Å². The number of nitrogens with zero attached hydrogens (tertiary/aromatic N) is 2. The first kappa shape index (κ1) is 19.6. The molecule has 0 radical (unpaired) electrons. The molecule has 1 fully saturated rings. The number of aromatic nitrogens is 2. The van der Waals surface area contributed by atoms with Crippen molar-refractivity contribution in [3.05, 3.63) is 46.4 Å². The molecule has 1 aromatic carbocycles. The molecule has 152 valence electrons. The number of fused-ring (bicyclic) bond motifs is 1. The van der Waals surface area contributed by atoms with E-state index in [9.17, 15) is 9.59 Å². The van der Waals surface area contributed by atoms with Crippen molar-refractivity contribution in [3.8, 4) is 0 Å². The molecule has 0 aliphatic carbocycles. The SMILES string of the molecule is Cn1c(CCCNC(=O)[C@@H]2CCCO2)nc2cc(NC(=O)c3cccs3)ccc21. The van der Waals surface area contributed by atoms with Gasteiger partial charge in [0.1, 0.15) is 11.9 Å². The summed E-state index contributed by atoms with van der Waals surface area (Å²) >= 11 is 1.41. The fourth-order valence-corrected chi connectivity index (χ4v) is 4.13. The molecule has 7 nitrogen and oxygen atoms in total. The lowest BCUT2D eigenvalue weighted by atomic mass is 10.2. The molecular formula is C21H24N4O3S. The third-order valence-electron chi connectivity index (χ3n) is 5.07. The number of anilines is 1. The Kier molecular flexibility index (Phi) is 5.92. The molecule has 1 saturated heterocycles. The molecule has 4 rings (SSSR count). The summed E-state index contributed by atoms with van der Waals surface area (Å²) in [6.07, 6.45) is 3.04. The lowest BCUT2D eigenvalue weighted by Gasteiger charge is -2.10. The average Bonchev–Trinajstić information content (AvgIpc) is 3.47. The molecule has 0 unspecified atom stereocenters. The van der Waals surface area contributed by atoms with E-state index in [0.29, 0.717) is 18.0 Å². The van der Waals surface area contributed by atoms with Crippen LogP contribution in [0.4, 0.5) is 5.69 Å². The van der Waals surface area contributed by atoms with Crippen LogP contribution < -0.4 is 10.6 Å². The molecule has 3 aromatic rings. The average molecular weight is 413 g/mol. The van der Waals surface area contributed by atoms with E-state index in [1.807, 2.05) is 36.7 Å². The minimum atomic E-state index is -0.284. The molecule has 1 atom stereocenters. The van der Waals surface area contributed by atoms with Gasteiger partial charge in [0.25, 0.3) is 5.91 Å². The highest BCUT2D eigenvalue weighted by Gasteiger charge is 2.22. The highest BCUT2D eigenvalue weighted by Crippen LogP contribution is 2.21. The number of aryl methyl sites for hydroxylation is 2. The Morgan fingerprint density at radius 3 is 3.00 bits per heavy atom. The molecule has 0 saturated carbocycles. The Labute approximate surface area is 173 Å². The molecule has 1 aliphatic rings. The summed E-state index contributed by atoms with van der Waals surface area (Å²) in [5.41, 5.74) is 2.58. The minimum Gasteiger partial charge on any atom is -0.368 e. The molecule has 2 amide bonds. The molecule has 29 heavy (non-hydrogen) atoms. The maximum atomic E-state index is 12.2. The van der Waals surface area contributed by atoms with Gasteiger partial charge in [-0.2, -0.15) is 0 Å². The zero-order chi connectivity index (χ0) is 20.2. The van der Waals surface area contributed by atoms with E-state index in [1.165, 1.54) is 11.3 Å². The molecular weight excluding hydrogens is 388 g/mol. The zero-order valence-corrected chi connectivity index (χ0v) is 17.1. The van der Waals surface area contributed by atoms with Crippen molar-refractivity contribution in [1.82, 2.24) is 14.9 Å². The van der Waals surface area contributed by atoms with Gasteiger partial charge in [-0.1, -0.05) is 6.07 Å². The summed E-state index contributed by atoms with van der Waals surface area (Å²) in [5.74, 6) is 0.823. The highest BCUT2D eigenvalue weighted by atomic mass is 32.1. The second kappa shape index (κ2) is 8.75. The lowest BCUT2D eigenvalue weighted by Crippen LogP contribution is -2.34. The van der Waals surface area contributed by atoms with Crippen LogP contribution in [-0.4, -0.2) is 40.6 Å². The van der Waals surface area contributed by atoms with Crippen molar-refractivity contribution in [3.63, 3.8) is 0 Å². The van der Waals surface area contributed by atoms with Gasteiger partial charge in [0.15, 0.2) is 0 Å². The van der Waals surface area contributed by atoms with Crippen LogP contribution in [0.15, 0.2) is 35.7 Å². The van der Waals surface area contributed by atoms with Gasteiger partial charge in [-0.25, -0.2) is 4.98 Å². The summed E-state index contributed by atoms with van der Waals surface area (Å²) in [5, 5.41) is 7.75. The summed E-state index contributed by atoms with van der Waals surface area (Å²) in [6, 6.07) is 9.41. The first-order valence-corrected chi connectivity index (χ1v) is 10.7. The van der Waals surface area contributed by atoms with E-state index >= 15 is 0 Å². The van der Waals surface area contributed by atoms with Gasteiger partial charge in [0.2, 0.25) is 5.91 Å². The number of thiophene rings is 1. The number of amides is 2. The third kappa shape index (κ3) is 4.49. The Morgan fingerprint density at radius 2 is 2.24 bits per heavy atom. The number of rotatable bonds is 7. The van der Waals surface area contributed by atoms with E-state index in [4.69, 9.17) is 9.72 Å². The molecule has 1 aliphatic heterocycles. The number of carbonyl (C=O) groups excluding carboxylic acids is 2. The Morgan fingerprint density at radius 1 is 1.34 bits per heavy atom. The fourth-order valence-electron chi connectivity index (χ4n) is 3.51. The Bertz CT molecular complexity index is 1010. The van der Waals surface area contributed by atoms with Gasteiger partial charge in [0.05, 0.1) is 15.9 Å². The number of nitrogens with one attached hydrogen (secondary N) is 2. The van der Waals surface area contributed by atoms with Gasteiger partial charge >= 0.3 is 0 Å². The largest absolute Gasteiger partial charge is 0.368 e. The van der Waals surface area contributed by atoms with Crippen LogP contribution in [0.25, 0.3) is 11.0 Å². The second-order valence-electron chi connectivity index (χ2n) is 7.12. The van der Waals surface area contributed by atoms with E-state index in [2.05, 4.69) is 15.2 Å². The second-order valence-corrected chi connectivity index (χ2v) is 8.07. The Hall–Kier alpha value is -2.71. The molecule has 3 heterocycles. The van der Waals surface area contributed by atoms with Crippen molar-refractivity contribution < 1.29 is 14.3 Å². The standard InChI is InChI=1S/C21H24N4O3S/c1-25-16-9-8-14(23-21(27)18-6-4-12-29-18)13-15(16)24-19(25)7-2-10-22-20(26)17-5-3-11-28-17/h4,6,8-9,12-13,17H,2-3,5,7,10-11H2,1H3,(H,22,26)(H,23,27)/t17-/m0/s1. The predicted molar refractivity (Wildman–Crippen MR) is 113 cm³/mol. The zero-order valence-electron chi connectivity index (χ0n) is 16.3. The number of imidazole rings is 1. The van der Waals surface area contributed by atoms with Gasteiger partial charge in [-0.15, -0.1) is 11.3 Å². The molecule has 2 N–H and O–H groups in total. The predicted octanol–water partition coefficient (Wildman–Crippen LogP) is 3.11. The van der Waals surface area contributed by atoms with Crippen molar-refractivity contribution in [1.29, 1.82) is 0 Å². The van der Waals surface area contributed by atoms with Crippen LogP contribution in [0, 0.1) is 0 Å². The van der Waals surface area contributed by atoms with E-state index in [-0.39, 0.29) is 17.9 Å². The first-order chi connectivity index (χ1) is 14.1. The lowest BCUT2D eigenvalue weighted by molar-refractivity contribution is -0.130. The molecule has 8 heteroatoms. The summed E-state index contributed by atoms with van der Waals surface area (Å²) < 4.78 is 7.45. The summed E-state index contributed by atoms with van der Waals surface area (Å²) in [6.45, 7) is 1.28. The Balaban J connectivity index is 1.35. The molecule has 0 bridgehead atoms. The monoisotopic (exact) mass is 412 g/mol. The van der Waals surface area contributed by atoms with Crippen LogP contribution in [0.5, 0.6) is 0 Å². The quantitative estimate of drug-likeness (QED) is 0.584. The van der Waals surface area contributed by atoms with Crippen LogP contribution >= 0.6 is 11.3 Å². The van der Waals surface area contributed by atoms with Gasteiger partial charge in [0, 0.05) is 32.3 Å². The summed E-state index contributed by atoms with van der Waals surface area (Å²) in [7, 11) is 1.99. The van der Waals surface area contributed by atoms with Crippen molar-refractivity contribution >= 4 is 39.9 Å². The minimum absolute atomic E-state index is 0.0152. The van der Waals surface area contributed by atoms with E-state index in [0.717, 1.165) is 48.2 Å². The topological polar surface area (TPSA) is 85.2 Å². The van der Waals surface area contributed by atoms with Crippen molar-refractivity contribution in [2.24, 2.45) is 7.05 Å². The third-order valence-corrected chi connectivity index (χ3v) is 5.94. The van der Waals surface area contributed by atoms with Gasteiger partial charge < -0.3 is 19.9 Å². The maximum Gasteiger partial charge on any atom is 0.265 e. The van der Waals surface area contributed by atoms with Crippen LogP contribution in [-0.2, 0) is 23.0 Å². The van der Waals surface area contributed by atoms with E-state index in [1.54, 1.807) is 6.07 Å². The van der Waals surface area contributed by atoms with E-state index < -0.39 is 0 Å². The molecule has 2 aromatic heterocycles. The number of ether oxygens (including phenoxy) is 1. The van der Waals surface area contributed by atoms with Crippen LogP contribution in [0.2, 0.25) is 0 Å². The van der Waals surface area contributed by atoms with Gasteiger partial charge in [-0.3, -0.25) is 9.59 Å². The van der Waals surface area contributed by atoms with Gasteiger partial charge in [-0.05, 0) is 48.9 Å². The highest BCUT2D eigenvalue weighted by molar-refractivity contribution is 7.12. The van der Waals surface area contributed by atoms with Crippen LogP contribution in [0.3, 0.4) is 0 Å². The maximum absolute atomic E-state index is 12.2. The normalized spacial score (nSPS) is 16.2. The smallest absolute Gasteiger partial charge is 0.265 e. The fraction of sp³-hybridized carbons (Fsp3) is 0.381. The van der Waals surface area contributed by atoms with Crippen molar-refractivity contribution in [2.45, 2.75) is 31.8 Å². The number of benzene rings is 1. The number of hydrogen-bond acceptors (Lipinski definition) is 5. The number of carbonyl (C=O) groups is 2. The summed E-state index contributed by atoms with van der Waals surface area (Å²) in [4.78, 5) is 29.6.